The molecule has 1 unspecified atom stereocenters. The maximum atomic E-state index is 12.1. The van der Waals surface area contributed by atoms with Crippen LogP contribution in [0.15, 0.2) is 24.3 Å². The highest BCUT2D eigenvalue weighted by Crippen LogP contribution is 2.14. The second kappa shape index (κ2) is 7.38. The van der Waals surface area contributed by atoms with Crippen LogP contribution in [0.1, 0.15) is 18.9 Å². The van der Waals surface area contributed by atoms with E-state index >= 15 is 0 Å². The summed E-state index contributed by atoms with van der Waals surface area (Å²) in [5.41, 5.74) is 7.43. The molecule has 0 spiro atoms. The lowest BCUT2D eigenvalue weighted by atomic mass is 10.2. The van der Waals surface area contributed by atoms with Crippen molar-refractivity contribution in [2.24, 2.45) is 5.73 Å². The van der Waals surface area contributed by atoms with E-state index in [9.17, 15) is 4.79 Å². The molecule has 0 aliphatic carbocycles. The van der Waals surface area contributed by atoms with Crippen molar-refractivity contribution in [2.45, 2.75) is 26.0 Å². The van der Waals surface area contributed by atoms with Crippen molar-refractivity contribution in [2.75, 3.05) is 31.6 Å². The molecule has 1 aromatic carbocycles. The number of nitrogens with one attached hydrogen (secondary N) is 1. The number of nitrogens with zero attached hydrogens (tertiary/aromatic N) is 1. The highest BCUT2D eigenvalue weighted by Gasteiger charge is 2.20. The van der Waals surface area contributed by atoms with E-state index in [-0.39, 0.29) is 12.0 Å². The number of hydrogen-bond acceptors (Lipinski definition) is 4. The normalized spacial score (nSPS) is 19.8. The fraction of sp³-hybridized carbons (Fsp3) is 0.533. The third-order valence-electron chi connectivity index (χ3n) is 3.56. The lowest BCUT2D eigenvalue weighted by Gasteiger charge is -2.31. The summed E-state index contributed by atoms with van der Waals surface area (Å²) in [6.45, 7) is 5.26. The number of carbonyl (C=O) groups excluding carboxylic acids is 1. The average molecular weight is 277 g/mol. The molecule has 5 heteroatoms. The monoisotopic (exact) mass is 277 g/mol. The van der Waals surface area contributed by atoms with Crippen LogP contribution < -0.4 is 11.1 Å². The molecule has 0 bridgehead atoms. The van der Waals surface area contributed by atoms with Gasteiger partial charge >= 0.3 is 0 Å². The van der Waals surface area contributed by atoms with Gasteiger partial charge in [0.25, 0.3) is 0 Å². The van der Waals surface area contributed by atoms with Gasteiger partial charge in [0.2, 0.25) is 5.91 Å². The van der Waals surface area contributed by atoms with E-state index < -0.39 is 0 Å². The summed E-state index contributed by atoms with van der Waals surface area (Å²) in [5, 5.41) is 2.94. The highest BCUT2D eigenvalue weighted by atomic mass is 16.5. The Kier molecular flexibility index (Phi) is 5.52. The van der Waals surface area contributed by atoms with Gasteiger partial charge in [0.05, 0.1) is 19.3 Å². The lowest BCUT2D eigenvalue weighted by molar-refractivity contribution is -0.119. The second-order valence-electron chi connectivity index (χ2n) is 5.05. The molecule has 1 amide bonds. The zero-order valence-electron chi connectivity index (χ0n) is 12.0. The molecular weight excluding hydrogens is 254 g/mol. The van der Waals surface area contributed by atoms with E-state index in [0.29, 0.717) is 19.7 Å². The third kappa shape index (κ3) is 4.03. The van der Waals surface area contributed by atoms with E-state index in [1.165, 1.54) is 0 Å². The molecular formula is C15H23N3O2. The van der Waals surface area contributed by atoms with E-state index in [2.05, 4.69) is 17.1 Å². The number of amides is 1. The van der Waals surface area contributed by atoms with Gasteiger partial charge in [-0.25, -0.2) is 0 Å². The molecule has 20 heavy (non-hydrogen) atoms. The molecule has 0 aromatic heterocycles. The molecule has 0 radical (unpaired) electrons. The molecule has 5 nitrogen and oxygen atoms in total. The van der Waals surface area contributed by atoms with Gasteiger partial charge in [0, 0.05) is 25.3 Å². The minimum absolute atomic E-state index is 0.00246. The van der Waals surface area contributed by atoms with Crippen LogP contribution in [-0.2, 0) is 16.1 Å². The topological polar surface area (TPSA) is 67.6 Å². The predicted octanol–water partition coefficient (Wildman–Crippen LogP) is 1.19. The van der Waals surface area contributed by atoms with Crippen molar-refractivity contribution >= 4 is 11.6 Å². The molecule has 1 fully saturated rings. The van der Waals surface area contributed by atoms with Gasteiger partial charge in [-0.15, -0.1) is 0 Å². The number of ether oxygens (including phenoxy) is 1. The van der Waals surface area contributed by atoms with Crippen LogP contribution in [0.4, 0.5) is 5.69 Å². The number of nitrogens with two attached hydrogens (primary N) is 1. The SMILES string of the molecule is CCC1CN(CC(=O)Nc2ccccc2CN)CCO1. The van der Waals surface area contributed by atoms with Gasteiger partial charge in [-0.3, -0.25) is 9.69 Å². The Balaban J connectivity index is 1.89. The Bertz CT molecular complexity index is 450. The van der Waals surface area contributed by atoms with E-state index in [0.717, 1.165) is 30.8 Å². The first-order valence-corrected chi connectivity index (χ1v) is 7.14. The minimum Gasteiger partial charge on any atom is -0.376 e. The molecule has 0 saturated carbocycles. The van der Waals surface area contributed by atoms with Crippen molar-refractivity contribution in [3.05, 3.63) is 29.8 Å². The quantitative estimate of drug-likeness (QED) is 0.848. The van der Waals surface area contributed by atoms with Gasteiger partial charge in [0.15, 0.2) is 0 Å². The summed E-state index contributed by atoms with van der Waals surface area (Å²) in [6, 6.07) is 7.63. The zero-order valence-corrected chi connectivity index (χ0v) is 12.0. The van der Waals surface area contributed by atoms with Crippen LogP contribution in [0.5, 0.6) is 0 Å². The van der Waals surface area contributed by atoms with Crippen molar-refractivity contribution < 1.29 is 9.53 Å². The van der Waals surface area contributed by atoms with Crippen LogP contribution in [-0.4, -0.2) is 43.2 Å². The van der Waals surface area contributed by atoms with E-state index in [1.807, 2.05) is 24.3 Å². The first-order valence-electron chi connectivity index (χ1n) is 7.14. The number of para-hydroxylation sites is 1. The molecule has 1 aliphatic heterocycles. The summed E-state index contributed by atoms with van der Waals surface area (Å²) < 4.78 is 5.60. The highest BCUT2D eigenvalue weighted by molar-refractivity contribution is 5.93. The van der Waals surface area contributed by atoms with Gasteiger partial charge in [-0.2, -0.15) is 0 Å². The van der Waals surface area contributed by atoms with Crippen LogP contribution >= 0.6 is 0 Å². The van der Waals surface area contributed by atoms with Crippen molar-refractivity contribution in [1.82, 2.24) is 4.90 Å². The molecule has 1 aromatic rings. The maximum absolute atomic E-state index is 12.1. The van der Waals surface area contributed by atoms with Gasteiger partial charge in [0.1, 0.15) is 0 Å². The Morgan fingerprint density at radius 2 is 2.30 bits per heavy atom. The molecule has 1 atom stereocenters. The summed E-state index contributed by atoms with van der Waals surface area (Å²) in [5.74, 6) is 0.00246. The standard InChI is InChI=1S/C15H23N3O2/c1-2-13-10-18(7-8-20-13)11-15(19)17-14-6-4-3-5-12(14)9-16/h3-6,13H,2,7-11,16H2,1H3,(H,17,19). The first-order chi connectivity index (χ1) is 9.72. The summed E-state index contributed by atoms with van der Waals surface area (Å²) in [6.07, 6.45) is 1.22. The first kappa shape index (κ1) is 15.0. The lowest BCUT2D eigenvalue weighted by Crippen LogP contribution is -2.45. The molecule has 110 valence electrons. The number of rotatable bonds is 5. The molecule has 1 aliphatic rings. The zero-order chi connectivity index (χ0) is 14.4. The van der Waals surface area contributed by atoms with Gasteiger partial charge < -0.3 is 15.8 Å². The van der Waals surface area contributed by atoms with Crippen molar-refractivity contribution in [3.8, 4) is 0 Å². The molecule has 2 rings (SSSR count). The summed E-state index contributed by atoms with van der Waals surface area (Å²) in [7, 11) is 0. The number of carbonyl (C=O) groups is 1. The number of morpholine rings is 1. The molecule has 3 N–H and O–H groups in total. The maximum Gasteiger partial charge on any atom is 0.238 e. The minimum atomic E-state index is 0.00246. The Morgan fingerprint density at radius 1 is 1.50 bits per heavy atom. The number of benzene rings is 1. The number of anilines is 1. The largest absolute Gasteiger partial charge is 0.376 e. The molecule has 1 saturated heterocycles. The van der Waals surface area contributed by atoms with Gasteiger partial charge in [-0.05, 0) is 18.1 Å². The predicted molar refractivity (Wildman–Crippen MR) is 79.4 cm³/mol. The smallest absolute Gasteiger partial charge is 0.238 e. The fourth-order valence-corrected chi connectivity index (χ4v) is 2.38. The summed E-state index contributed by atoms with van der Waals surface area (Å²) >= 11 is 0. The van der Waals surface area contributed by atoms with Crippen molar-refractivity contribution in [1.29, 1.82) is 0 Å². The second-order valence-corrected chi connectivity index (χ2v) is 5.05. The van der Waals surface area contributed by atoms with Crippen LogP contribution in [0.2, 0.25) is 0 Å². The van der Waals surface area contributed by atoms with Crippen LogP contribution in [0.3, 0.4) is 0 Å². The van der Waals surface area contributed by atoms with E-state index in [4.69, 9.17) is 10.5 Å². The van der Waals surface area contributed by atoms with Crippen LogP contribution in [0.25, 0.3) is 0 Å². The average Bonchev–Trinajstić information content (AvgIpc) is 2.48. The Hall–Kier alpha value is -1.43. The van der Waals surface area contributed by atoms with Gasteiger partial charge in [-0.1, -0.05) is 25.1 Å². The van der Waals surface area contributed by atoms with E-state index in [1.54, 1.807) is 0 Å². The van der Waals surface area contributed by atoms with Crippen LogP contribution in [0, 0.1) is 0 Å². The van der Waals surface area contributed by atoms with Crippen molar-refractivity contribution in [3.63, 3.8) is 0 Å². The number of hydrogen-bond donors (Lipinski definition) is 2. The fourth-order valence-electron chi connectivity index (χ4n) is 2.38. The third-order valence-corrected chi connectivity index (χ3v) is 3.56. The Morgan fingerprint density at radius 3 is 3.05 bits per heavy atom. The molecule has 1 heterocycles. The Labute approximate surface area is 120 Å². The summed E-state index contributed by atoms with van der Waals surface area (Å²) in [4.78, 5) is 14.2.